The highest BCUT2D eigenvalue weighted by Gasteiger charge is 2.29. The Balaban J connectivity index is 2.62. The number of rotatable bonds is 4. The molecule has 0 aliphatic rings. The van der Waals surface area contributed by atoms with E-state index in [0.29, 0.717) is 5.56 Å². The zero-order valence-electron chi connectivity index (χ0n) is 12.9. The number of esters is 1. The number of hydrogen-bond acceptors (Lipinski definition) is 4. The zero-order valence-corrected chi connectivity index (χ0v) is 12.9. The number of aryl methyl sites for hydroxylation is 3. The van der Waals surface area contributed by atoms with E-state index < -0.39 is 0 Å². The summed E-state index contributed by atoms with van der Waals surface area (Å²) in [6.45, 7) is 5.61. The molecule has 114 valence electrons. The Morgan fingerprint density at radius 1 is 1.29 bits per heavy atom. The van der Waals surface area contributed by atoms with Gasteiger partial charge in [-0.15, -0.1) is 0 Å². The lowest BCUT2D eigenvalue weighted by molar-refractivity contribution is -0.140. The minimum atomic E-state index is -0.374. The van der Waals surface area contributed by atoms with E-state index in [-0.39, 0.29) is 23.9 Å². The molecule has 0 unspecified atom stereocenters. The van der Waals surface area contributed by atoms with Crippen LogP contribution in [0.15, 0.2) is 4.79 Å². The van der Waals surface area contributed by atoms with Crippen molar-refractivity contribution in [3.05, 3.63) is 38.6 Å². The summed E-state index contributed by atoms with van der Waals surface area (Å²) in [6.07, 6.45) is 0.103. The molecule has 0 radical (unpaired) electrons. The number of carbonyl (C=O) groups excluding carboxylic acids is 1. The summed E-state index contributed by atoms with van der Waals surface area (Å²) < 4.78 is 6.53. The van der Waals surface area contributed by atoms with Gasteiger partial charge in [-0.1, -0.05) is 0 Å². The Kier molecular flexibility index (Phi) is 4.02. The Morgan fingerprint density at radius 3 is 2.38 bits per heavy atom. The van der Waals surface area contributed by atoms with Crippen LogP contribution < -0.4 is 5.56 Å². The molecular formula is C14H20N4O3. The van der Waals surface area contributed by atoms with Crippen molar-refractivity contribution >= 4 is 5.97 Å². The topological polar surface area (TPSA) is 92.8 Å². The third-order valence-electron chi connectivity index (χ3n) is 3.87. The van der Waals surface area contributed by atoms with Crippen molar-refractivity contribution in [1.29, 1.82) is 0 Å². The molecule has 0 amide bonds. The molecule has 0 fully saturated rings. The van der Waals surface area contributed by atoms with Gasteiger partial charge in [0.25, 0.3) is 5.56 Å². The highest BCUT2D eigenvalue weighted by Crippen LogP contribution is 2.32. The molecule has 7 heteroatoms. The van der Waals surface area contributed by atoms with Crippen LogP contribution in [-0.4, -0.2) is 33.1 Å². The molecule has 2 aromatic heterocycles. The standard InChI is InChI=1S/C14H20N4O3/c1-7-13(14(20)16-15-7)10(6-11(19)21-5)12-8(2)17-18(4)9(12)3/h10H,6H2,1-5H3,(H2,15,16,20)/t10-/m1/s1. The van der Waals surface area contributed by atoms with Gasteiger partial charge in [0.05, 0.1) is 19.2 Å². The van der Waals surface area contributed by atoms with E-state index in [1.54, 1.807) is 11.6 Å². The first-order chi connectivity index (χ1) is 9.86. The van der Waals surface area contributed by atoms with Crippen molar-refractivity contribution in [2.45, 2.75) is 33.1 Å². The largest absolute Gasteiger partial charge is 0.469 e. The second-order valence-electron chi connectivity index (χ2n) is 5.16. The van der Waals surface area contributed by atoms with Gasteiger partial charge < -0.3 is 9.84 Å². The lowest BCUT2D eigenvalue weighted by Crippen LogP contribution is -2.18. The summed E-state index contributed by atoms with van der Waals surface area (Å²) in [7, 11) is 3.19. The highest BCUT2D eigenvalue weighted by atomic mass is 16.5. The average Bonchev–Trinajstić information content (AvgIpc) is 2.88. The number of methoxy groups -OCH3 is 1. The van der Waals surface area contributed by atoms with Crippen LogP contribution in [0.5, 0.6) is 0 Å². The summed E-state index contributed by atoms with van der Waals surface area (Å²) in [6, 6.07) is 0. The maximum Gasteiger partial charge on any atom is 0.306 e. The molecular weight excluding hydrogens is 272 g/mol. The van der Waals surface area contributed by atoms with E-state index in [1.165, 1.54) is 7.11 Å². The normalized spacial score (nSPS) is 12.4. The Hall–Kier alpha value is -2.31. The smallest absolute Gasteiger partial charge is 0.306 e. The molecule has 2 N–H and O–H groups in total. The maximum atomic E-state index is 12.1. The number of ether oxygens (including phenoxy) is 1. The number of aromatic amines is 2. The Labute approximate surface area is 122 Å². The molecule has 7 nitrogen and oxygen atoms in total. The van der Waals surface area contributed by atoms with Gasteiger partial charge >= 0.3 is 5.97 Å². The van der Waals surface area contributed by atoms with E-state index in [4.69, 9.17) is 4.74 Å². The minimum Gasteiger partial charge on any atom is -0.469 e. The first kappa shape index (κ1) is 15.1. The number of hydrogen-bond donors (Lipinski definition) is 2. The van der Waals surface area contributed by atoms with Gasteiger partial charge in [0.2, 0.25) is 0 Å². The molecule has 0 aromatic carbocycles. The second-order valence-corrected chi connectivity index (χ2v) is 5.16. The van der Waals surface area contributed by atoms with Gasteiger partial charge in [0.15, 0.2) is 0 Å². The Bertz CT molecular complexity index is 723. The van der Waals surface area contributed by atoms with Crippen molar-refractivity contribution in [3.8, 4) is 0 Å². The van der Waals surface area contributed by atoms with Crippen molar-refractivity contribution < 1.29 is 9.53 Å². The fourth-order valence-electron chi connectivity index (χ4n) is 2.77. The molecule has 21 heavy (non-hydrogen) atoms. The lowest BCUT2D eigenvalue weighted by atomic mass is 9.87. The molecule has 0 aliphatic carbocycles. The summed E-state index contributed by atoms with van der Waals surface area (Å²) in [5.41, 5.74) is 3.70. The molecule has 2 heterocycles. The average molecular weight is 292 g/mol. The van der Waals surface area contributed by atoms with Crippen LogP contribution in [0.2, 0.25) is 0 Å². The van der Waals surface area contributed by atoms with Gasteiger partial charge in [0, 0.05) is 35.5 Å². The number of carbonyl (C=O) groups is 1. The molecule has 0 bridgehead atoms. The van der Waals surface area contributed by atoms with Gasteiger partial charge in [-0.3, -0.25) is 19.4 Å². The van der Waals surface area contributed by atoms with Crippen LogP contribution in [0.4, 0.5) is 0 Å². The van der Waals surface area contributed by atoms with Crippen molar-refractivity contribution in [2.24, 2.45) is 7.05 Å². The minimum absolute atomic E-state index is 0.103. The van der Waals surface area contributed by atoms with E-state index in [1.807, 2.05) is 20.9 Å². The molecule has 1 atom stereocenters. The fourth-order valence-corrected chi connectivity index (χ4v) is 2.77. The molecule has 0 spiro atoms. The van der Waals surface area contributed by atoms with Crippen LogP contribution in [0, 0.1) is 20.8 Å². The molecule has 0 saturated carbocycles. The first-order valence-corrected chi connectivity index (χ1v) is 6.70. The Morgan fingerprint density at radius 2 is 1.95 bits per heavy atom. The molecule has 0 aliphatic heterocycles. The van der Waals surface area contributed by atoms with E-state index in [2.05, 4.69) is 15.3 Å². The molecule has 0 saturated heterocycles. The summed E-state index contributed by atoms with van der Waals surface area (Å²) >= 11 is 0. The van der Waals surface area contributed by atoms with Crippen molar-refractivity contribution in [2.75, 3.05) is 7.11 Å². The highest BCUT2D eigenvalue weighted by molar-refractivity contribution is 5.71. The van der Waals surface area contributed by atoms with E-state index in [9.17, 15) is 9.59 Å². The van der Waals surface area contributed by atoms with Crippen molar-refractivity contribution in [1.82, 2.24) is 20.0 Å². The van der Waals surface area contributed by atoms with Crippen LogP contribution in [0.3, 0.4) is 0 Å². The number of H-pyrrole nitrogens is 2. The summed E-state index contributed by atoms with van der Waals surface area (Å²) in [5, 5.41) is 9.75. The quantitative estimate of drug-likeness (QED) is 0.824. The van der Waals surface area contributed by atoms with Gasteiger partial charge in [-0.2, -0.15) is 5.10 Å². The predicted octanol–water partition coefficient (Wildman–Crippen LogP) is 1.06. The number of nitrogens with zero attached hydrogens (tertiary/aromatic N) is 2. The summed E-state index contributed by atoms with van der Waals surface area (Å²) in [5.74, 6) is -0.733. The van der Waals surface area contributed by atoms with Crippen LogP contribution >= 0.6 is 0 Å². The van der Waals surface area contributed by atoms with Gasteiger partial charge in [-0.05, 0) is 20.8 Å². The van der Waals surface area contributed by atoms with Gasteiger partial charge in [-0.25, -0.2) is 0 Å². The third-order valence-corrected chi connectivity index (χ3v) is 3.87. The van der Waals surface area contributed by atoms with Crippen LogP contribution in [0.1, 0.15) is 40.5 Å². The first-order valence-electron chi connectivity index (χ1n) is 6.70. The van der Waals surface area contributed by atoms with Gasteiger partial charge in [0.1, 0.15) is 0 Å². The number of aromatic nitrogens is 4. The SMILES string of the molecule is COC(=O)C[C@H](c1c(C)nn(C)c1C)c1c(C)[nH][nH]c1=O. The zero-order chi connectivity index (χ0) is 15.7. The van der Waals surface area contributed by atoms with Crippen molar-refractivity contribution in [3.63, 3.8) is 0 Å². The van der Waals surface area contributed by atoms with E-state index in [0.717, 1.165) is 22.6 Å². The summed E-state index contributed by atoms with van der Waals surface area (Å²) in [4.78, 5) is 23.9. The number of nitrogens with one attached hydrogen (secondary N) is 2. The monoisotopic (exact) mass is 292 g/mol. The molecule has 2 rings (SSSR count). The maximum absolute atomic E-state index is 12.1. The lowest BCUT2D eigenvalue weighted by Gasteiger charge is -2.16. The third kappa shape index (κ3) is 2.63. The predicted molar refractivity (Wildman–Crippen MR) is 77.3 cm³/mol. The fraction of sp³-hybridized carbons (Fsp3) is 0.500. The molecule has 2 aromatic rings. The van der Waals surface area contributed by atoms with Crippen LogP contribution in [-0.2, 0) is 16.6 Å². The van der Waals surface area contributed by atoms with Crippen LogP contribution in [0.25, 0.3) is 0 Å². The second kappa shape index (κ2) is 5.59. The van der Waals surface area contributed by atoms with E-state index >= 15 is 0 Å².